The maximum absolute atomic E-state index is 12.4. The number of amides is 2. The van der Waals surface area contributed by atoms with E-state index in [1.54, 1.807) is 18.5 Å². The number of aromatic nitrogens is 2. The number of piperidine rings is 1. The highest BCUT2D eigenvalue weighted by molar-refractivity contribution is 5.90. The molecule has 2 aliphatic heterocycles. The second-order valence-electron chi connectivity index (χ2n) is 5.84. The quantitative estimate of drug-likeness (QED) is 0.771. The van der Waals surface area contributed by atoms with Crippen molar-refractivity contribution in [2.45, 2.75) is 31.7 Å². The molecule has 0 aliphatic carbocycles. The molecule has 0 saturated carbocycles. The fourth-order valence-corrected chi connectivity index (χ4v) is 3.43. The maximum atomic E-state index is 12.4. The van der Waals surface area contributed by atoms with E-state index in [1.807, 2.05) is 16.8 Å². The van der Waals surface area contributed by atoms with E-state index in [-0.39, 0.29) is 23.7 Å². The van der Waals surface area contributed by atoms with Crippen LogP contribution >= 0.6 is 0 Å². The lowest BCUT2D eigenvalue weighted by Crippen LogP contribution is -2.52. The highest BCUT2D eigenvalue weighted by Gasteiger charge is 2.37. The topological polar surface area (TPSA) is 66.4 Å². The van der Waals surface area contributed by atoms with E-state index in [4.69, 9.17) is 0 Å². The Balaban J connectivity index is 1.72. The Morgan fingerprint density at radius 2 is 2.05 bits per heavy atom. The van der Waals surface area contributed by atoms with Crippen LogP contribution in [0.4, 0.5) is 0 Å². The lowest BCUT2D eigenvalue weighted by Gasteiger charge is -2.41. The first-order valence-corrected chi connectivity index (χ1v) is 7.49. The summed E-state index contributed by atoms with van der Waals surface area (Å²) in [6, 6.07) is 1.97. The van der Waals surface area contributed by atoms with E-state index >= 15 is 0 Å². The first-order valence-electron chi connectivity index (χ1n) is 7.49. The van der Waals surface area contributed by atoms with Gasteiger partial charge in [-0.2, -0.15) is 0 Å². The molecular formula is C15H20N4O2. The summed E-state index contributed by atoms with van der Waals surface area (Å²) in [5, 5.41) is 0. The molecule has 6 nitrogen and oxygen atoms in total. The molecule has 2 amide bonds. The maximum Gasteiger partial charge on any atom is 0.291 e. The number of nitrogens with zero attached hydrogens (tertiary/aromatic N) is 4. The molecule has 0 aromatic carbocycles. The van der Waals surface area contributed by atoms with E-state index in [0.29, 0.717) is 25.4 Å². The van der Waals surface area contributed by atoms with Crippen molar-refractivity contribution in [3.05, 3.63) is 24.3 Å². The fraction of sp³-hybridized carbons (Fsp3) is 0.600. The average molecular weight is 288 g/mol. The molecule has 3 rings (SSSR count). The van der Waals surface area contributed by atoms with Crippen LogP contribution in [-0.4, -0.2) is 57.8 Å². The van der Waals surface area contributed by atoms with Gasteiger partial charge in [0.15, 0.2) is 0 Å². The molecule has 0 N–H and O–H groups in total. The molecule has 2 saturated heterocycles. The third-order valence-corrected chi connectivity index (χ3v) is 4.59. The number of carbonyl (C=O) groups is 2. The van der Waals surface area contributed by atoms with E-state index in [1.165, 1.54) is 0 Å². The SMILES string of the molecule is CN1C(=O)CCC[C@@H]2CN(C(=O)c3ncccn3)CC[C@H]21. The van der Waals surface area contributed by atoms with Gasteiger partial charge in [0.1, 0.15) is 0 Å². The van der Waals surface area contributed by atoms with E-state index < -0.39 is 0 Å². The highest BCUT2D eigenvalue weighted by Crippen LogP contribution is 2.29. The molecule has 2 atom stereocenters. The van der Waals surface area contributed by atoms with Gasteiger partial charge in [0.2, 0.25) is 11.7 Å². The molecule has 0 radical (unpaired) electrons. The lowest BCUT2D eigenvalue weighted by atomic mass is 9.88. The van der Waals surface area contributed by atoms with Gasteiger partial charge in [-0.25, -0.2) is 9.97 Å². The minimum absolute atomic E-state index is 0.104. The van der Waals surface area contributed by atoms with E-state index in [0.717, 1.165) is 19.3 Å². The third kappa shape index (κ3) is 2.75. The minimum atomic E-state index is -0.104. The summed E-state index contributed by atoms with van der Waals surface area (Å²) in [4.78, 5) is 36.2. The first-order chi connectivity index (χ1) is 10.2. The van der Waals surface area contributed by atoms with Gasteiger partial charge in [0.05, 0.1) is 0 Å². The summed E-state index contributed by atoms with van der Waals surface area (Å²) in [7, 11) is 1.89. The summed E-state index contributed by atoms with van der Waals surface area (Å²) in [5.74, 6) is 0.748. The average Bonchev–Trinajstić information content (AvgIpc) is 2.67. The smallest absolute Gasteiger partial charge is 0.291 e. The summed E-state index contributed by atoms with van der Waals surface area (Å²) in [6.45, 7) is 1.36. The van der Waals surface area contributed by atoms with Crippen LogP contribution in [0.2, 0.25) is 0 Å². The van der Waals surface area contributed by atoms with Crippen molar-refractivity contribution in [1.29, 1.82) is 0 Å². The number of hydrogen-bond donors (Lipinski definition) is 0. The highest BCUT2D eigenvalue weighted by atomic mass is 16.2. The van der Waals surface area contributed by atoms with Crippen molar-refractivity contribution in [3.8, 4) is 0 Å². The van der Waals surface area contributed by atoms with Crippen molar-refractivity contribution >= 4 is 11.8 Å². The van der Waals surface area contributed by atoms with Gasteiger partial charge in [0, 0.05) is 45.0 Å². The Hall–Kier alpha value is -1.98. The molecule has 2 aliphatic rings. The first kappa shape index (κ1) is 14.0. The number of rotatable bonds is 1. The largest absolute Gasteiger partial charge is 0.342 e. The number of likely N-dealkylation sites (tertiary alicyclic amines) is 2. The fourth-order valence-electron chi connectivity index (χ4n) is 3.43. The molecular weight excluding hydrogens is 268 g/mol. The molecule has 2 fully saturated rings. The van der Waals surface area contributed by atoms with Crippen molar-refractivity contribution < 1.29 is 9.59 Å². The lowest BCUT2D eigenvalue weighted by molar-refractivity contribution is -0.132. The van der Waals surface area contributed by atoms with Crippen LogP contribution in [0.3, 0.4) is 0 Å². The normalized spacial score (nSPS) is 26.2. The Morgan fingerprint density at radius 3 is 2.81 bits per heavy atom. The third-order valence-electron chi connectivity index (χ3n) is 4.59. The van der Waals surface area contributed by atoms with E-state index in [2.05, 4.69) is 9.97 Å². The number of hydrogen-bond acceptors (Lipinski definition) is 4. The molecule has 0 spiro atoms. The molecule has 6 heteroatoms. The minimum Gasteiger partial charge on any atom is -0.342 e. The Morgan fingerprint density at radius 1 is 1.29 bits per heavy atom. The molecule has 21 heavy (non-hydrogen) atoms. The van der Waals surface area contributed by atoms with Gasteiger partial charge in [-0.15, -0.1) is 0 Å². The van der Waals surface area contributed by atoms with Crippen LogP contribution in [0.5, 0.6) is 0 Å². The standard InChI is InChI=1S/C15H20N4O2/c1-18-12-6-9-19(10-11(12)4-2-5-13(18)20)15(21)14-16-7-3-8-17-14/h3,7-8,11-12H,2,4-6,9-10H2,1H3/t11-,12-/m1/s1. The number of fused-ring (bicyclic) bond motifs is 1. The second kappa shape index (κ2) is 5.79. The number of carbonyl (C=O) groups excluding carboxylic acids is 2. The van der Waals surface area contributed by atoms with Crippen LogP contribution in [0, 0.1) is 5.92 Å². The molecule has 1 aromatic heterocycles. The zero-order chi connectivity index (χ0) is 14.8. The Labute approximate surface area is 124 Å². The van der Waals surface area contributed by atoms with Crippen LogP contribution in [0.15, 0.2) is 18.5 Å². The van der Waals surface area contributed by atoms with Gasteiger partial charge in [0.25, 0.3) is 5.91 Å². The predicted octanol–water partition coefficient (Wildman–Crippen LogP) is 0.950. The summed E-state index contributed by atoms with van der Waals surface area (Å²) >= 11 is 0. The van der Waals surface area contributed by atoms with Crippen LogP contribution in [0.25, 0.3) is 0 Å². The van der Waals surface area contributed by atoms with Gasteiger partial charge in [-0.3, -0.25) is 9.59 Å². The molecule has 1 aromatic rings. The summed E-state index contributed by atoms with van der Waals surface area (Å²) < 4.78 is 0. The van der Waals surface area contributed by atoms with Crippen LogP contribution in [-0.2, 0) is 4.79 Å². The van der Waals surface area contributed by atoms with Crippen molar-refractivity contribution in [1.82, 2.24) is 19.8 Å². The Kier molecular flexibility index (Phi) is 3.86. The predicted molar refractivity (Wildman–Crippen MR) is 76.5 cm³/mol. The van der Waals surface area contributed by atoms with Crippen LogP contribution < -0.4 is 0 Å². The zero-order valence-electron chi connectivity index (χ0n) is 12.2. The zero-order valence-corrected chi connectivity index (χ0v) is 12.2. The van der Waals surface area contributed by atoms with Crippen LogP contribution in [0.1, 0.15) is 36.3 Å². The molecule has 0 bridgehead atoms. The Bertz CT molecular complexity index is 534. The van der Waals surface area contributed by atoms with Gasteiger partial charge in [-0.05, 0) is 31.2 Å². The summed E-state index contributed by atoms with van der Waals surface area (Å²) in [5.41, 5.74) is 0. The molecule has 3 heterocycles. The van der Waals surface area contributed by atoms with Gasteiger partial charge < -0.3 is 9.80 Å². The van der Waals surface area contributed by atoms with Gasteiger partial charge in [-0.1, -0.05) is 0 Å². The van der Waals surface area contributed by atoms with Gasteiger partial charge >= 0.3 is 0 Å². The van der Waals surface area contributed by atoms with Crippen molar-refractivity contribution in [2.75, 3.05) is 20.1 Å². The van der Waals surface area contributed by atoms with Crippen molar-refractivity contribution in [3.63, 3.8) is 0 Å². The second-order valence-corrected chi connectivity index (χ2v) is 5.84. The molecule has 112 valence electrons. The van der Waals surface area contributed by atoms with E-state index in [9.17, 15) is 9.59 Å². The van der Waals surface area contributed by atoms with Crippen molar-refractivity contribution in [2.24, 2.45) is 5.92 Å². The summed E-state index contributed by atoms with van der Waals surface area (Å²) in [6.07, 6.45) is 6.55. The molecule has 0 unspecified atom stereocenters. The monoisotopic (exact) mass is 288 g/mol.